The Kier molecular flexibility index (Phi) is 4.00. The molecule has 0 aromatic carbocycles. The third-order valence-electron chi connectivity index (χ3n) is 5.00. The fourth-order valence-corrected chi connectivity index (χ4v) is 4.01. The lowest BCUT2D eigenvalue weighted by molar-refractivity contribution is -0.126. The van der Waals surface area contributed by atoms with E-state index in [0.717, 1.165) is 39.0 Å². The summed E-state index contributed by atoms with van der Waals surface area (Å²) in [6.45, 7) is 4.23. The summed E-state index contributed by atoms with van der Waals surface area (Å²) in [4.78, 5) is 14.7. The SMILES string of the molecule is O=C1CCCCC1C1CCCN1CC1CCOC1. The molecule has 3 heteroatoms. The molecule has 0 aromatic rings. The van der Waals surface area contributed by atoms with E-state index in [2.05, 4.69) is 4.90 Å². The van der Waals surface area contributed by atoms with Crippen LogP contribution in [0.15, 0.2) is 0 Å². The van der Waals surface area contributed by atoms with Crippen LogP contribution in [0.2, 0.25) is 0 Å². The highest BCUT2D eigenvalue weighted by Crippen LogP contribution is 2.33. The minimum Gasteiger partial charge on any atom is -0.381 e. The zero-order valence-corrected chi connectivity index (χ0v) is 11.3. The minimum atomic E-state index is 0.351. The molecule has 0 bridgehead atoms. The fourth-order valence-electron chi connectivity index (χ4n) is 4.01. The average molecular weight is 251 g/mol. The summed E-state index contributed by atoms with van der Waals surface area (Å²) in [5, 5.41) is 0. The lowest BCUT2D eigenvalue weighted by atomic mass is 9.81. The van der Waals surface area contributed by atoms with Crippen molar-refractivity contribution in [3.63, 3.8) is 0 Å². The normalized spacial score (nSPS) is 38.4. The highest BCUT2D eigenvalue weighted by Gasteiger charge is 2.37. The Labute approximate surface area is 110 Å². The van der Waals surface area contributed by atoms with Crippen molar-refractivity contribution in [3.8, 4) is 0 Å². The number of hydrogen-bond donors (Lipinski definition) is 0. The molecule has 0 spiro atoms. The maximum atomic E-state index is 12.1. The molecule has 3 fully saturated rings. The maximum absolute atomic E-state index is 12.1. The number of likely N-dealkylation sites (tertiary alicyclic amines) is 1. The largest absolute Gasteiger partial charge is 0.381 e. The number of ketones is 1. The van der Waals surface area contributed by atoms with Crippen LogP contribution >= 0.6 is 0 Å². The van der Waals surface area contributed by atoms with Gasteiger partial charge < -0.3 is 4.74 Å². The lowest BCUT2D eigenvalue weighted by Gasteiger charge is -2.34. The van der Waals surface area contributed by atoms with Gasteiger partial charge in [-0.25, -0.2) is 0 Å². The molecule has 102 valence electrons. The fraction of sp³-hybridized carbons (Fsp3) is 0.933. The molecule has 0 radical (unpaired) electrons. The minimum absolute atomic E-state index is 0.351. The molecular weight excluding hydrogens is 226 g/mol. The smallest absolute Gasteiger partial charge is 0.137 e. The number of ether oxygens (including phenoxy) is 1. The molecule has 2 aliphatic heterocycles. The van der Waals surface area contributed by atoms with Gasteiger partial charge in [0.25, 0.3) is 0 Å². The van der Waals surface area contributed by atoms with Crippen molar-refractivity contribution in [3.05, 3.63) is 0 Å². The van der Waals surface area contributed by atoms with Gasteiger partial charge in [-0.3, -0.25) is 9.69 Å². The van der Waals surface area contributed by atoms with E-state index in [9.17, 15) is 4.79 Å². The predicted octanol–water partition coefficient (Wildman–Crippen LogP) is 2.25. The van der Waals surface area contributed by atoms with Crippen LogP contribution in [0.4, 0.5) is 0 Å². The van der Waals surface area contributed by atoms with Crippen LogP contribution in [0, 0.1) is 11.8 Å². The summed E-state index contributed by atoms with van der Waals surface area (Å²) < 4.78 is 5.48. The first-order valence-corrected chi connectivity index (χ1v) is 7.69. The Morgan fingerprint density at radius 2 is 2.11 bits per heavy atom. The van der Waals surface area contributed by atoms with Gasteiger partial charge in [-0.05, 0) is 44.6 Å². The van der Waals surface area contributed by atoms with Crippen LogP contribution < -0.4 is 0 Å². The van der Waals surface area contributed by atoms with Crippen molar-refractivity contribution in [2.24, 2.45) is 11.8 Å². The maximum Gasteiger partial charge on any atom is 0.137 e. The Balaban J connectivity index is 1.60. The predicted molar refractivity (Wildman–Crippen MR) is 70.5 cm³/mol. The zero-order chi connectivity index (χ0) is 12.4. The van der Waals surface area contributed by atoms with E-state index >= 15 is 0 Å². The van der Waals surface area contributed by atoms with E-state index in [0.29, 0.717) is 23.7 Å². The van der Waals surface area contributed by atoms with Crippen LogP contribution in [-0.4, -0.2) is 43.0 Å². The van der Waals surface area contributed by atoms with E-state index in [1.807, 2.05) is 0 Å². The summed E-state index contributed by atoms with van der Waals surface area (Å²) in [6, 6.07) is 0.554. The number of rotatable bonds is 3. The summed E-state index contributed by atoms with van der Waals surface area (Å²) in [5.41, 5.74) is 0. The van der Waals surface area contributed by atoms with Crippen molar-refractivity contribution in [2.75, 3.05) is 26.3 Å². The molecular formula is C15H25NO2. The first kappa shape index (κ1) is 12.6. The van der Waals surface area contributed by atoms with Gasteiger partial charge in [0.05, 0.1) is 6.61 Å². The average Bonchev–Trinajstić information content (AvgIpc) is 3.02. The molecule has 2 heterocycles. The number of carbonyl (C=O) groups excluding carboxylic acids is 1. The molecule has 0 N–H and O–H groups in total. The highest BCUT2D eigenvalue weighted by atomic mass is 16.5. The van der Waals surface area contributed by atoms with Crippen LogP contribution in [-0.2, 0) is 9.53 Å². The topological polar surface area (TPSA) is 29.5 Å². The first-order chi connectivity index (χ1) is 8.84. The van der Waals surface area contributed by atoms with Gasteiger partial charge in [-0.15, -0.1) is 0 Å². The Morgan fingerprint density at radius 3 is 2.89 bits per heavy atom. The summed E-state index contributed by atoms with van der Waals surface area (Å²) in [5.74, 6) is 1.61. The van der Waals surface area contributed by atoms with E-state index in [1.165, 1.54) is 32.2 Å². The molecule has 3 atom stereocenters. The van der Waals surface area contributed by atoms with Crippen LogP contribution in [0.5, 0.6) is 0 Å². The molecule has 0 amide bonds. The van der Waals surface area contributed by atoms with Gasteiger partial charge in [-0.2, -0.15) is 0 Å². The van der Waals surface area contributed by atoms with Gasteiger partial charge in [0.2, 0.25) is 0 Å². The molecule has 3 nitrogen and oxygen atoms in total. The molecule has 1 saturated carbocycles. The summed E-state index contributed by atoms with van der Waals surface area (Å²) in [7, 11) is 0. The van der Waals surface area contributed by atoms with E-state index in [1.54, 1.807) is 0 Å². The van der Waals surface area contributed by atoms with Crippen molar-refractivity contribution in [1.82, 2.24) is 4.90 Å². The number of hydrogen-bond acceptors (Lipinski definition) is 3. The molecule has 2 saturated heterocycles. The molecule has 18 heavy (non-hydrogen) atoms. The summed E-state index contributed by atoms with van der Waals surface area (Å²) >= 11 is 0. The molecule has 1 aliphatic carbocycles. The second-order valence-electron chi connectivity index (χ2n) is 6.25. The molecule has 3 rings (SSSR count). The van der Waals surface area contributed by atoms with Crippen LogP contribution in [0.25, 0.3) is 0 Å². The lowest BCUT2D eigenvalue weighted by Crippen LogP contribution is -2.42. The van der Waals surface area contributed by atoms with Gasteiger partial charge in [0.15, 0.2) is 0 Å². The standard InChI is InChI=1S/C15H25NO2/c17-15-6-2-1-4-13(15)14-5-3-8-16(14)10-12-7-9-18-11-12/h12-14H,1-11H2. The monoisotopic (exact) mass is 251 g/mol. The number of nitrogens with zero attached hydrogens (tertiary/aromatic N) is 1. The van der Waals surface area contributed by atoms with E-state index in [4.69, 9.17) is 4.74 Å². The second-order valence-corrected chi connectivity index (χ2v) is 6.25. The number of Topliss-reactive ketones (excluding diaryl/α,β-unsaturated/α-hetero) is 1. The Morgan fingerprint density at radius 1 is 1.17 bits per heavy atom. The highest BCUT2D eigenvalue weighted by molar-refractivity contribution is 5.82. The van der Waals surface area contributed by atoms with E-state index < -0.39 is 0 Å². The number of carbonyl (C=O) groups is 1. The third kappa shape index (κ3) is 2.62. The van der Waals surface area contributed by atoms with E-state index in [-0.39, 0.29) is 0 Å². The van der Waals surface area contributed by atoms with Crippen molar-refractivity contribution in [1.29, 1.82) is 0 Å². The quantitative estimate of drug-likeness (QED) is 0.770. The van der Waals surface area contributed by atoms with Gasteiger partial charge in [-0.1, -0.05) is 6.42 Å². The first-order valence-electron chi connectivity index (χ1n) is 7.69. The second kappa shape index (κ2) is 5.70. The Bertz CT molecular complexity index is 299. The molecule has 0 aromatic heterocycles. The van der Waals surface area contributed by atoms with Crippen molar-refractivity contribution in [2.45, 2.75) is 51.0 Å². The van der Waals surface area contributed by atoms with Crippen molar-refractivity contribution < 1.29 is 9.53 Å². The van der Waals surface area contributed by atoms with Crippen LogP contribution in [0.3, 0.4) is 0 Å². The Hall–Kier alpha value is -0.410. The van der Waals surface area contributed by atoms with Gasteiger partial charge >= 0.3 is 0 Å². The molecule has 3 unspecified atom stereocenters. The van der Waals surface area contributed by atoms with Gasteiger partial charge in [0, 0.05) is 31.5 Å². The van der Waals surface area contributed by atoms with Crippen LogP contribution in [0.1, 0.15) is 44.9 Å². The van der Waals surface area contributed by atoms with Crippen molar-refractivity contribution >= 4 is 5.78 Å². The summed E-state index contributed by atoms with van der Waals surface area (Å²) in [6.07, 6.45) is 8.09. The van der Waals surface area contributed by atoms with Gasteiger partial charge in [0.1, 0.15) is 5.78 Å². The molecule has 3 aliphatic rings. The third-order valence-corrected chi connectivity index (χ3v) is 5.00. The zero-order valence-electron chi connectivity index (χ0n) is 11.3.